The summed E-state index contributed by atoms with van der Waals surface area (Å²) in [4.78, 5) is 27.8. The van der Waals surface area contributed by atoms with E-state index in [-0.39, 0.29) is 29.2 Å². The molecule has 5 heteroatoms. The van der Waals surface area contributed by atoms with Crippen LogP contribution in [0.5, 0.6) is 5.75 Å². The van der Waals surface area contributed by atoms with Crippen LogP contribution in [-0.4, -0.2) is 30.5 Å². The second-order valence-electron chi connectivity index (χ2n) is 9.77. The van der Waals surface area contributed by atoms with E-state index in [0.29, 0.717) is 16.9 Å². The topological polar surface area (TPSA) is 59.8 Å². The minimum Gasteiger partial charge on any atom is -0.497 e. The Labute approximate surface area is 165 Å². The molecule has 0 N–H and O–H groups in total. The predicted molar refractivity (Wildman–Crippen MR) is 109 cm³/mol. The van der Waals surface area contributed by atoms with Gasteiger partial charge in [-0.3, -0.25) is 4.79 Å². The molecule has 2 heterocycles. The summed E-state index contributed by atoms with van der Waals surface area (Å²) in [6.45, 7) is 9.55. The second-order valence-corrected chi connectivity index (χ2v) is 9.77. The van der Waals surface area contributed by atoms with Crippen LogP contribution in [0.2, 0.25) is 0 Å². The number of hydrogen-bond acceptors (Lipinski definition) is 4. The van der Waals surface area contributed by atoms with E-state index in [0.717, 1.165) is 36.8 Å². The third-order valence-corrected chi connectivity index (χ3v) is 6.56. The molecule has 2 atom stereocenters. The molecule has 1 aromatic heterocycles. The van der Waals surface area contributed by atoms with Gasteiger partial charge in [-0.2, -0.15) is 0 Å². The number of likely N-dealkylation sites (tertiary alicyclic amines) is 1. The number of carbonyl (C=O) groups is 1. The maximum atomic E-state index is 13.2. The lowest BCUT2D eigenvalue weighted by atomic mass is 9.65. The molecule has 2 aromatic rings. The van der Waals surface area contributed by atoms with Crippen LogP contribution in [0, 0.1) is 17.8 Å². The monoisotopic (exact) mass is 383 g/mol. The Bertz CT molecular complexity index is 1010. The van der Waals surface area contributed by atoms with Crippen molar-refractivity contribution in [2.45, 2.75) is 59.4 Å². The Morgan fingerprint density at radius 3 is 2.75 bits per heavy atom. The van der Waals surface area contributed by atoms with Gasteiger partial charge in [-0.25, -0.2) is 4.79 Å². The molecule has 1 amide bonds. The van der Waals surface area contributed by atoms with Gasteiger partial charge in [0.25, 0.3) is 0 Å². The summed E-state index contributed by atoms with van der Waals surface area (Å²) in [5, 5.41) is 0.844. The van der Waals surface area contributed by atoms with Crippen LogP contribution in [0.4, 0.5) is 0 Å². The molecule has 150 valence electrons. The summed E-state index contributed by atoms with van der Waals surface area (Å²) in [6, 6.07) is 5.71. The van der Waals surface area contributed by atoms with Gasteiger partial charge in [0.2, 0.25) is 5.91 Å². The van der Waals surface area contributed by atoms with E-state index in [4.69, 9.17) is 9.15 Å². The number of hydrogen-bond donors (Lipinski definition) is 0. The molecule has 1 aliphatic carbocycles. The summed E-state index contributed by atoms with van der Waals surface area (Å²) < 4.78 is 10.7. The van der Waals surface area contributed by atoms with Gasteiger partial charge in [0, 0.05) is 24.0 Å². The highest BCUT2D eigenvalue weighted by molar-refractivity contribution is 5.85. The Hall–Kier alpha value is -2.30. The molecule has 0 unspecified atom stereocenters. The molecule has 2 aliphatic rings. The van der Waals surface area contributed by atoms with Crippen molar-refractivity contribution in [3.8, 4) is 5.75 Å². The van der Waals surface area contributed by atoms with Crippen molar-refractivity contribution in [1.29, 1.82) is 0 Å². The molecule has 4 rings (SSSR count). The number of methoxy groups -OCH3 is 1. The third kappa shape index (κ3) is 3.21. The number of rotatable bonds is 3. The maximum absolute atomic E-state index is 13.2. The molecule has 1 aromatic carbocycles. The Balaban J connectivity index is 1.64. The lowest BCUT2D eigenvalue weighted by molar-refractivity contribution is -0.131. The average Bonchev–Trinajstić information content (AvgIpc) is 2.86. The lowest BCUT2D eigenvalue weighted by Crippen LogP contribution is -2.39. The van der Waals surface area contributed by atoms with Gasteiger partial charge < -0.3 is 14.1 Å². The van der Waals surface area contributed by atoms with Gasteiger partial charge >= 0.3 is 5.63 Å². The molecular formula is C23H29NO4. The van der Waals surface area contributed by atoms with E-state index in [1.54, 1.807) is 13.2 Å². The molecule has 0 spiro atoms. The molecule has 2 bridgehead atoms. The van der Waals surface area contributed by atoms with E-state index in [1.165, 1.54) is 0 Å². The number of nitrogens with zero attached hydrogens (tertiary/aromatic N) is 1. The van der Waals surface area contributed by atoms with Crippen molar-refractivity contribution in [1.82, 2.24) is 4.90 Å². The van der Waals surface area contributed by atoms with Crippen molar-refractivity contribution < 1.29 is 13.9 Å². The van der Waals surface area contributed by atoms with E-state index in [9.17, 15) is 9.59 Å². The van der Waals surface area contributed by atoms with Crippen molar-refractivity contribution in [2.75, 3.05) is 13.7 Å². The van der Waals surface area contributed by atoms with Crippen LogP contribution in [0.1, 0.15) is 51.2 Å². The SMILES string of the molecule is COc1ccc2c(C)c(CC(=O)N3C[C@]4(C)C[C@H]3CC(C)(C)C4)c(=O)oc2c1. The smallest absolute Gasteiger partial charge is 0.340 e. The van der Waals surface area contributed by atoms with Crippen molar-refractivity contribution in [3.05, 3.63) is 39.7 Å². The molecule has 5 nitrogen and oxygen atoms in total. The number of aryl methyl sites for hydroxylation is 1. The molecular weight excluding hydrogens is 354 g/mol. The van der Waals surface area contributed by atoms with Crippen LogP contribution in [0.15, 0.2) is 27.4 Å². The average molecular weight is 383 g/mol. The minimum atomic E-state index is -0.430. The Morgan fingerprint density at radius 2 is 2.04 bits per heavy atom. The van der Waals surface area contributed by atoms with Crippen molar-refractivity contribution in [3.63, 3.8) is 0 Å². The first-order valence-electron chi connectivity index (χ1n) is 10.0. The molecule has 0 radical (unpaired) electrons. The zero-order valence-corrected chi connectivity index (χ0v) is 17.4. The van der Waals surface area contributed by atoms with E-state index in [1.807, 2.05) is 24.0 Å². The summed E-state index contributed by atoms with van der Waals surface area (Å²) in [6.07, 6.45) is 3.33. The molecule has 28 heavy (non-hydrogen) atoms. The summed E-state index contributed by atoms with van der Waals surface area (Å²) in [5.41, 5.74) is 1.78. The first kappa shape index (κ1) is 19.0. The Morgan fingerprint density at radius 1 is 1.29 bits per heavy atom. The van der Waals surface area contributed by atoms with E-state index in [2.05, 4.69) is 20.8 Å². The number of ether oxygens (including phenoxy) is 1. The Kier molecular flexibility index (Phi) is 4.32. The van der Waals surface area contributed by atoms with Crippen LogP contribution >= 0.6 is 0 Å². The van der Waals surface area contributed by atoms with Crippen LogP contribution in [-0.2, 0) is 11.2 Å². The minimum absolute atomic E-state index is 0.0367. The first-order chi connectivity index (χ1) is 13.1. The predicted octanol–water partition coefficient (Wildman–Crippen LogP) is 4.08. The van der Waals surface area contributed by atoms with Crippen molar-refractivity contribution >= 4 is 16.9 Å². The highest BCUT2D eigenvalue weighted by Crippen LogP contribution is 2.52. The number of benzene rings is 1. The molecule has 1 aliphatic heterocycles. The number of amides is 1. The maximum Gasteiger partial charge on any atom is 0.340 e. The second kappa shape index (κ2) is 6.36. The lowest BCUT2D eigenvalue weighted by Gasteiger charge is -2.39. The summed E-state index contributed by atoms with van der Waals surface area (Å²) in [5.74, 6) is 0.675. The third-order valence-electron chi connectivity index (χ3n) is 6.56. The fourth-order valence-electron chi connectivity index (χ4n) is 5.71. The largest absolute Gasteiger partial charge is 0.497 e. The van der Waals surface area contributed by atoms with Gasteiger partial charge in [0.15, 0.2) is 0 Å². The van der Waals surface area contributed by atoms with Crippen LogP contribution < -0.4 is 10.4 Å². The fourth-order valence-corrected chi connectivity index (χ4v) is 5.71. The summed E-state index contributed by atoms with van der Waals surface area (Å²) in [7, 11) is 1.58. The van der Waals surface area contributed by atoms with Gasteiger partial charge in [-0.1, -0.05) is 20.8 Å². The van der Waals surface area contributed by atoms with Crippen molar-refractivity contribution in [2.24, 2.45) is 10.8 Å². The van der Waals surface area contributed by atoms with Crippen LogP contribution in [0.25, 0.3) is 11.0 Å². The van der Waals surface area contributed by atoms with Gasteiger partial charge in [-0.05, 0) is 54.7 Å². The summed E-state index contributed by atoms with van der Waals surface area (Å²) >= 11 is 0. The molecule has 2 fully saturated rings. The standard InChI is InChI=1S/C23H29NO4/c1-14-17-7-6-16(27-5)8-19(17)28-21(26)18(14)9-20(25)24-13-23(4)11-15(24)10-22(2,3)12-23/h6-8,15H,9-13H2,1-5H3/t15-,23-/m1/s1. The zero-order chi connectivity index (χ0) is 20.3. The quantitative estimate of drug-likeness (QED) is 0.750. The van der Waals surface area contributed by atoms with E-state index < -0.39 is 5.63 Å². The number of carbonyl (C=O) groups excluding carboxylic acids is 1. The molecule has 1 saturated carbocycles. The van der Waals surface area contributed by atoms with Gasteiger partial charge in [0.1, 0.15) is 11.3 Å². The molecule has 1 saturated heterocycles. The first-order valence-corrected chi connectivity index (χ1v) is 10.0. The van der Waals surface area contributed by atoms with Gasteiger partial charge in [-0.15, -0.1) is 0 Å². The number of fused-ring (bicyclic) bond motifs is 3. The van der Waals surface area contributed by atoms with Gasteiger partial charge in [0.05, 0.1) is 19.1 Å². The highest BCUT2D eigenvalue weighted by atomic mass is 16.5. The van der Waals surface area contributed by atoms with Crippen LogP contribution in [0.3, 0.4) is 0 Å². The normalized spacial score (nSPS) is 25.9. The fraction of sp³-hybridized carbons (Fsp3) is 0.565. The van der Waals surface area contributed by atoms with E-state index >= 15 is 0 Å². The zero-order valence-electron chi connectivity index (χ0n) is 17.4. The highest BCUT2D eigenvalue weighted by Gasteiger charge is 2.50.